The first kappa shape index (κ1) is 11.2. The smallest absolute Gasteiger partial charge is 0.0597 e. The fourth-order valence-corrected chi connectivity index (χ4v) is 4.02. The van der Waals surface area contributed by atoms with Gasteiger partial charge in [0.2, 0.25) is 0 Å². The van der Waals surface area contributed by atoms with E-state index < -0.39 is 6.42 Å². The van der Waals surface area contributed by atoms with Crippen LogP contribution in [0.15, 0.2) is 30.3 Å². The van der Waals surface area contributed by atoms with E-state index in [0.717, 1.165) is 5.30 Å². The number of hydrogen-bond donors (Lipinski definition) is 0. The molecule has 82 valence electrons. The van der Waals surface area contributed by atoms with E-state index >= 15 is 0 Å². The van der Waals surface area contributed by atoms with Gasteiger partial charge in [-0.2, -0.15) is 0 Å². The minimum atomic E-state index is -2.78. The van der Waals surface area contributed by atoms with Gasteiger partial charge in [-0.25, -0.2) is 0 Å². The molecular formula is C10H13NO2PS-. The molecule has 0 radical (unpaired) electrons. The van der Waals surface area contributed by atoms with Crippen LogP contribution in [-0.4, -0.2) is 31.0 Å². The second kappa shape index (κ2) is 4.73. The van der Waals surface area contributed by atoms with Crippen molar-refractivity contribution in [3.8, 4) is 0 Å². The number of ether oxygens (including phenoxy) is 1. The van der Waals surface area contributed by atoms with Crippen molar-refractivity contribution in [2.24, 2.45) is 0 Å². The Bertz CT molecular complexity index is 365. The molecule has 0 aliphatic carbocycles. The van der Waals surface area contributed by atoms with Gasteiger partial charge < -0.3 is 9.63 Å². The second-order valence-electron chi connectivity index (χ2n) is 3.42. The first-order valence-electron chi connectivity index (χ1n) is 4.91. The Labute approximate surface area is 94.8 Å². The minimum Gasteiger partial charge on any atom is -0.807 e. The van der Waals surface area contributed by atoms with E-state index in [4.69, 9.17) is 16.5 Å². The van der Waals surface area contributed by atoms with Crippen molar-refractivity contribution in [2.75, 3.05) is 26.3 Å². The lowest BCUT2D eigenvalue weighted by molar-refractivity contribution is -0.171. The highest BCUT2D eigenvalue weighted by Gasteiger charge is 2.18. The topological polar surface area (TPSA) is 35.5 Å². The predicted molar refractivity (Wildman–Crippen MR) is 62.8 cm³/mol. The molecule has 1 unspecified atom stereocenters. The Morgan fingerprint density at radius 2 is 1.80 bits per heavy atom. The first-order valence-corrected chi connectivity index (χ1v) is 7.58. The molecule has 0 N–H and O–H groups in total. The average Bonchev–Trinajstić information content (AvgIpc) is 2.31. The Morgan fingerprint density at radius 3 is 2.40 bits per heavy atom. The van der Waals surface area contributed by atoms with Gasteiger partial charge in [0.1, 0.15) is 0 Å². The third-order valence-corrected chi connectivity index (χ3v) is 5.86. The molecule has 1 aromatic rings. The summed E-state index contributed by atoms with van der Waals surface area (Å²) >= 11 is 5.26. The third-order valence-electron chi connectivity index (χ3n) is 2.44. The monoisotopic (exact) mass is 242 g/mol. The lowest BCUT2D eigenvalue weighted by Crippen LogP contribution is -2.40. The highest BCUT2D eigenvalue weighted by molar-refractivity contribution is 8.13. The largest absolute Gasteiger partial charge is 0.807 e. The molecule has 1 aliphatic rings. The van der Waals surface area contributed by atoms with Crippen molar-refractivity contribution in [1.29, 1.82) is 0 Å². The molecule has 0 aromatic heterocycles. The summed E-state index contributed by atoms with van der Waals surface area (Å²) in [6.07, 6.45) is -2.78. The number of rotatable bonds is 2. The van der Waals surface area contributed by atoms with E-state index in [-0.39, 0.29) is 0 Å². The van der Waals surface area contributed by atoms with Crippen LogP contribution in [0.25, 0.3) is 0 Å². The summed E-state index contributed by atoms with van der Waals surface area (Å²) < 4.78 is 7.08. The molecule has 1 heterocycles. The lowest BCUT2D eigenvalue weighted by atomic mass is 10.4. The molecule has 1 aromatic carbocycles. The molecule has 0 saturated carbocycles. The van der Waals surface area contributed by atoms with Crippen LogP contribution in [0, 0.1) is 0 Å². The van der Waals surface area contributed by atoms with Crippen LogP contribution in [-0.2, 0) is 16.5 Å². The van der Waals surface area contributed by atoms with Gasteiger partial charge >= 0.3 is 0 Å². The Kier molecular flexibility index (Phi) is 3.54. The quantitative estimate of drug-likeness (QED) is 0.699. The van der Waals surface area contributed by atoms with Crippen LogP contribution in [0.5, 0.6) is 0 Å². The summed E-state index contributed by atoms with van der Waals surface area (Å²) in [7, 11) is 0. The number of benzene rings is 1. The van der Waals surface area contributed by atoms with E-state index in [9.17, 15) is 4.89 Å². The Balaban J connectivity index is 2.22. The lowest BCUT2D eigenvalue weighted by Gasteiger charge is -2.42. The van der Waals surface area contributed by atoms with Gasteiger partial charge in [0, 0.05) is 13.1 Å². The third kappa shape index (κ3) is 2.47. The zero-order chi connectivity index (χ0) is 10.7. The van der Waals surface area contributed by atoms with Crippen LogP contribution in [0.4, 0.5) is 0 Å². The van der Waals surface area contributed by atoms with Gasteiger partial charge in [0.25, 0.3) is 0 Å². The maximum atomic E-state index is 12.5. The normalized spacial score (nSPS) is 22.2. The van der Waals surface area contributed by atoms with Gasteiger partial charge in [-0.1, -0.05) is 42.1 Å². The molecule has 0 amide bonds. The molecule has 1 saturated heterocycles. The van der Waals surface area contributed by atoms with Gasteiger partial charge in [-0.15, -0.1) is 0 Å². The molecule has 0 bridgehead atoms. The van der Waals surface area contributed by atoms with Crippen molar-refractivity contribution in [2.45, 2.75) is 0 Å². The molecule has 0 spiro atoms. The van der Waals surface area contributed by atoms with Crippen LogP contribution < -0.4 is 10.2 Å². The zero-order valence-electron chi connectivity index (χ0n) is 8.33. The van der Waals surface area contributed by atoms with Crippen LogP contribution in [0.2, 0.25) is 0 Å². The van der Waals surface area contributed by atoms with Crippen molar-refractivity contribution < 1.29 is 9.63 Å². The first-order chi connectivity index (χ1) is 7.21. The van der Waals surface area contributed by atoms with Crippen molar-refractivity contribution >= 4 is 23.5 Å². The highest BCUT2D eigenvalue weighted by atomic mass is 32.4. The van der Waals surface area contributed by atoms with Gasteiger partial charge in [-0.3, -0.25) is 4.67 Å². The maximum Gasteiger partial charge on any atom is 0.0597 e. The number of nitrogens with zero attached hydrogens (tertiary/aromatic N) is 1. The highest BCUT2D eigenvalue weighted by Crippen LogP contribution is 2.39. The summed E-state index contributed by atoms with van der Waals surface area (Å²) in [4.78, 5) is 12.5. The minimum absolute atomic E-state index is 0.619. The van der Waals surface area contributed by atoms with E-state index in [0.29, 0.717) is 26.3 Å². The molecule has 15 heavy (non-hydrogen) atoms. The van der Waals surface area contributed by atoms with Gasteiger partial charge in [0.05, 0.1) is 13.2 Å². The van der Waals surface area contributed by atoms with Crippen LogP contribution >= 0.6 is 6.42 Å². The average molecular weight is 242 g/mol. The molecule has 3 nitrogen and oxygen atoms in total. The summed E-state index contributed by atoms with van der Waals surface area (Å²) in [5.74, 6) is 0. The molecule has 5 heteroatoms. The molecule has 2 rings (SSSR count). The van der Waals surface area contributed by atoms with Crippen LogP contribution in [0.1, 0.15) is 0 Å². The van der Waals surface area contributed by atoms with E-state index in [1.807, 2.05) is 35.0 Å². The summed E-state index contributed by atoms with van der Waals surface area (Å²) in [6.45, 7) is 2.56. The zero-order valence-corrected chi connectivity index (χ0v) is 10.0. The summed E-state index contributed by atoms with van der Waals surface area (Å²) in [5.41, 5.74) is 0. The Morgan fingerprint density at radius 1 is 1.20 bits per heavy atom. The molecule has 1 aliphatic heterocycles. The fraction of sp³-hybridized carbons (Fsp3) is 0.400. The predicted octanol–water partition coefficient (Wildman–Crippen LogP) is 0.314. The standard InChI is InChI=1S/C10H14NO2PS/c12-14(15,10-4-2-1-3-5-10)11-6-8-13-9-7-11/h1-5H,6-9H2,(H,12,15)/p-1. The molecule has 1 atom stereocenters. The second-order valence-corrected chi connectivity index (χ2v) is 7.03. The van der Waals surface area contributed by atoms with Crippen molar-refractivity contribution in [3.05, 3.63) is 30.3 Å². The Hall–Kier alpha value is -0.250. The van der Waals surface area contributed by atoms with Gasteiger partial charge in [0.15, 0.2) is 0 Å². The van der Waals surface area contributed by atoms with E-state index in [1.54, 1.807) is 0 Å². The van der Waals surface area contributed by atoms with E-state index in [1.165, 1.54) is 0 Å². The summed E-state index contributed by atoms with van der Waals surface area (Å²) in [5, 5.41) is 0.752. The maximum absolute atomic E-state index is 12.5. The number of morpholine rings is 1. The van der Waals surface area contributed by atoms with E-state index in [2.05, 4.69) is 0 Å². The van der Waals surface area contributed by atoms with Crippen molar-refractivity contribution in [3.63, 3.8) is 0 Å². The van der Waals surface area contributed by atoms with Crippen LogP contribution in [0.3, 0.4) is 0 Å². The number of hydrogen-bond acceptors (Lipinski definition) is 3. The molecule has 1 fully saturated rings. The molecular weight excluding hydrogens is 229 g/mol. The SMILES string of the molecule is [O-]P(=S)(c1ccccc1)N1CCOCC1. The van der Waals surface area contributed by atoms with Gasteiger partial charge in [-0.05, 0) is 11.7 Å². The van der Waals surface area contributed by atoms with Crippen molar-refractivity contribution in [1.82, 2.24) is 4.67 Å². The summed E-state index contributed by atoms with van der Waals surface area (Å²) in [6, 6.07) is 9.31. The fourth-order valence-electron chi connectivity index (χ4n) is 1.60.